The average molecular weight is 399 g/mol. The Morgan fingerprint density at radius 1 is 1.18 bits per heavy atom. The number of fused-ring (bicyclic) bond motifs is 1. The molecule has 3 rings (SSSR count). The van der Waals surface area contributed by atoms with Crippen LogP contribution in [0, 0.1) is 0 Å². The molecule has 0 spiro atoms. The number of halogens is 1. The SMILES string of the molecule is CCCc1nc2ccc(NC(=O)NCC)cc2c(=O)n1Cc1ccccc1Cl. The minimum absolute atomic E-state index is 0.145. The van der Waals surface area contributed by atoms with Crippen molar-refractivity contribution in [2.75, 3.05) is 11.9 Å². The molecule has 0 radical (unpaired) electrons. The molecule has 0 atom stereocenters. The van der Waals surface area contributed by atoms with Gasteiger partial charge in [-0.3, -0.25) is 9.36 Å². The summed E-state index contributed by atoms with van der Waals surface area (Å²) in [6.45, 7) is 4.76. The van der Waals surface area contributed by atoms with E-state index in [1.807, 2.05) is 31.2 Å². The first-order chi connectivity index (χ1) is 13.5. The third kappa shape index (κ3) is 4.34. The number of rotatable bonds is 6. The first-order valence-electron chi connectivity index (χ1n) is 9.35. The lowest BCUT2D eigenvalue weighted by Gasteiger charge is -2.15. The minimum Gasteiger partial charge on any atom is -0.338 e. The molecular formula is C21H23ClN4O2. The number of hydrogen-bond acceptors (Lipinski definition) is 3. The summed E-state index contributed by atoms with van der Waals surface area (Å²) in [4.78, 5) is 29.7. The van der Waals surface area contributed by atoms with Crippen LogP contribution in [0.4, 0.5) is 10.5 Å². The van der Waals surface area contributed by atoms with Crippen LogP contribution in [0.3, 0.4) is 0 Å². The largest absolute Gasteiger partial charge is 0.338 e. The zero-order valence-corrected chi connectivity index (χ0v) is 16.7. The molecule has 1 aromatic heterocycles. The smallest absolute Gasteiger partial charge is 0.319 e. The summed E-state index contributed by atoms with van der Waals surface area (Å²) in [6.07, 6.45) is 1.56. The van der Waals surface area contributed by atoms with Crippen LogP contribution in [-0.4, -0.2) is 22.1 Å². The van der Waals surface area contributed by atoms with E-state index in [-0.39, 0.29) is 11.6 Å². The molecule has 0 aliphatic heterocycles. The number of amides is 2. The molecule has 0 saturated carbocycles. The Bertz CT molecular complexity index is 1060. The monoisotopic (exact) mass is 398 g/mol. The number of carbonyl (C=O) groups excluding carboxylic acids is 1. The molecule has 1 heterocycles. The molecule has 3 aromatic rings. The van der Waals surface area contributed by atoms with Crippen molar-refractivity contribution in [2.45, 2.75) is 33.2 Å². The van der Waals surface area contributed by atoms with Crippen LogP contribution >= 0.6 is 11.6 Å². The second kappa shape index (κ2) is 8.89. The van der Waals surface area contributed by atoms with Gasteiger partial charge in [0.15, 0.2) is 0 Å². The first-order valence-corrected chi connectivity index (χ1v) is 9.73. The molecule has 7 heteroatoms. The first kappa shape index (κ1) is 19.9. The van der Waals surface area contributed by atoms with Gasteiger partial charge in [-0.1, -0.05) is 36.7 Å². The second-order valence-corrected chi connectivity index (χ2v) is 6.88. The van der Waals surface area contributed by atoms with E-state index in [4.69, 9.17) is 16.6 Å². The third-order valence-corrected chi connectivity index (χ3v) is 4.76. The summed E-state index contributed by atoms with van der Waals surface area (Å²) < 4.78 is 1.67. The number of aromatic nitrogens is 2. The van der Waals surface area contributed by atoms with Crippen LogP contribution in [0.5, 0.6) is 0 Å². The van der Waals surface area contributed by atoms with Gasteiger partial charge in [-0.25, -0.2) is 9.78 Å². The molecule has 0 fully saturated rings. The van der Waals surface area contributed by atoms with E-state index in [1.54, 1.807) is 22.8 Å². The lowest BCUT2D eigenvalue weighted by molar-refractivity contribution is 0.252. The topological polar surface area (TPSA) is 76.0 Å². The zero-order valence-electron chi connectivity index (χ0n) is 16.0. The number of nitrogens with one attached hydrogen (secondary N) is 2. The summed E-state index contributed by atoms with van der Waals surface area (Å²) >= 11 is 6.30. The molecule has 2 amide bonds. The van der Waals surface area contributed by atoms with Crippen molar-refractivity contribution >= 4 is 34.2 Å². The van der Waals surface area contributed by atoms with E-state index >= 15 is 0 Å². The Labute approximate surface area is 168 Å². The maximum absolute atomic E-state index is 13.3. The molecule has 146 valence electrons. The molecule has 0 unspecified atom stereocenters. The van der Waals surface area contributed by atoms with Gasteiger partial charge in [0, 0.05) is 23.7 Å². The van der Waals surface area contributed by atoms with Crippen LogP contribution in [-0.2, 0) is 13.0 Å². The summed E-state index contributed by atoms with van der Waals surface area (Å²) in [6, 6.07) is 12.3. The van der Waals surface area contributed by atoms with Gasteiger partial charge in [-0.15, -0.1) is 0 Å². The molecule has 28 heavy (non-hydrogen) atoms. The molecule has 0 aliphatic rings. The fraction of sp³-hybridized carbons (Fsp3) is 0.286. The summed E-state index contributed by atoms with van der Waals surface area (Å²) in [5, 5.41) is 6.48. The Kier molecular flexibility index (Phi) is 6.31. The standard InChI is InChI=1S/C21H23ClN4O2/c1-3-7-19-25-18-11-10-15(24-21(28)23-4-2)12-16(18)20(27)26(19)13-14-8-5-6-9-17(14)22/h5-6,8-12H,3-4,7,13H2,1-2H3,(H2,23,24,28). The number of carbonyl (C=O) groups is 1. The molecular weight excluding hydrogens is 376 g/mol. The van der Waals surface area contributed by atoms with E-state index in [0.717, 1.165) is 17.8 Å². The Morgan fingerprint density at radius 2 is 1.96 bits per heavy atom. The van der Waals surface area contributed by atoms with Gasteiger partial charge in [-0.2, -0.15) is 0 Å². The predicted molar refractivity (Wildman–Crippen MR) is 113 cm³/mol. The number of hydrogen-bond donors (Lipinski definition) is 2. The number of urea groups is 1. The van der Waals surface area contributed by atoms with Crippen LogP contribution in [0.25, 0.3) is 10.9 Å². The van der Waals surface area contributed by atoms with Crippen molar-refractivity contribution < 1.29 is 4.79 Å². The maximum Gasteiger partial charge on any atom is 0.319 e. The minimum atomic E-state index is -0.311. The van der Waals surface area contributed by atoms with Crippen molar-refractivity contribution in [3.05, 3.63) is 69.2 Å². The van der Waals surface area contributed by atoms with Crippen molar-refractivity contribution in [2.24, 2.45) is 0 Å². The van der Waals surface area contributed by atoms with Crippen molar-refractivity contribution in [3.63, 3.8) is 0 Å². The van der Waals surface area contributed by atoms with E-state index in [2.05, 4.69) is 17.6 Å². The van der Waals surface area contributed by atoms with E-state index < -0.39 is 0 Å². The Balaban J connectivity index is 2.08. The highest BCUT2D eigenvalue weighted by Gasteiger charge is 2.13. The highest BCUT2D eigenvalue weighted by atomic mass is 35.5. The van der Waals surface area contributed by atoms with Crippen LogP contribution < -0.4 is 16.2 Å². The summed E-state index contributed by atoms with van der Waals surface area (Å²) in [5.41, 5.74) is 1.88. The fourth-order valence-electron chi connectivity index (χ4n) is 3.05. The molecule has 2 N–H and O–H groups in total. The third-order valence-electron chi connectivity index (χ3n) is 4.39. The van der Waals surface area contributed by atoms with E-state index in [1.165, 1.54) is 0 Å². The molecule has 0 aliphatic carbocycles. The summed E-state index contributed by atoms with van der Waals surface area (Å²) in [7, 11) is 0. The Morgan fingerprint density at radius 3 is 2.68 bits per heavy atom. The van der Waals surface area contributed by atoms with Crippen LogP contribution in [0.2, 0.25) is 5.02 Å². The molecule has 0 bridgehead atoms. The van der Waals surface area contributed by atoms with Gasteiger partial charge >= 0.3 is 6.03 Å². The number of nitrogens with zero attached hydrogens (tertiary/aromatic N) is 2. The quantitative estimate of drug-likeness (QED) is 0.653. The van der Waals surface area contributed by atoms with Gasteiger partial charge in [-0.05, 0) is 43.2 Å². The van der Waals surface area contributed by atoms with Gasteiger partial charge in [0.2, 0.25) is 0 Å². The lowest BCUT2D eigenvalue weighted by atomic mass is 10.1. The molecule has 0 saturated heterocycles. The highest BCUT2D eigenvalue weighted by molar-refractivity contribution is 6.31. The second-order valence-electron chi connectivity index (χ2n) is 6.48. The van der Waals surface area contributed by atoms with Crippen LogP contribution in [0.15, 0.2) is 47.3 Å². The average Bonchev–Trinajstić information content (AvgIpc) is 2.67. The van der Waals surface area contributed by atoms with E-state index in [9.17, 15) is 9.59 Å². The van der Waals surface area contributed by atoms with Crippen molar-refractivity contribution in [3.8, 4) is 0 Å². The maximum atomic E-state index is 13.3. The number of aryl methyl sites for hydroxylation is 1. The fourth-order valence-corrected chi connectivity index (χ4v) is 3.25. The Hall–Kier alpha value is -2.86. The van der Waals surface area contributed by atoms with Gasteiger partial charge in [0.25, 0.3) is 5.56 Å². The predicted octanol–water partition coefficient (Wildman–Crippen LogP) is 4.19. The number of benzene rings is 2. The lowest BCUT2D eigenvalue weighted by Crippen LogP contribution is -2.29. The molecule has 6 nitrogen and oxygen atoms in total. The van der Waals surface area contributed by atoms with Crippen molar-refractivity contribution in [1.82, 2.24) is 14.9 Å². The van der Waals surface area contributed by atoms with E-state index in [0.29, 0.717) is 41.1 Å². The van der Waals surface area contributed by atoms with Gasteiger partial charge in [0.1, 0.15) is 5.82 Å². The van der Waals surface area contributed by atoms with Gasteiger partial charge < -0.3 is 10.6 Å². The molecule has 2 aromatic carbocycles. The number of anilines is 1. The van der Waals surface area contributed by atoms with Crippen molar-refractivity contribution in [1.29, 1.82) is 0 Å². The summed E-state index contributed by atoms with van der Waals surface area (Å²) in [5.74, 6) is 0.726. The zero-order chi connectivity index (χ0) is 20.1. The van der Waals surface area contributed by atoms with Gasteiger partial charge in [0.05, 0.1) is 17.4 Å². The normalized spacial score (nSPS) is 10.8. The van der Waals surface area contributed by atoms with Crippen LogP contribution in [0.1, 0.15) is 31.7 Å². The highest BCUT2D eigenvalue weighted by Crippen LogP contribution is 2.19.